The summed E-state index contributed by atoms with van der Waals surface area (Å²) < 4.78 is 1.05. The molecule has 0 aliphatic carbocycles. The molecular formula is C21H21BrN2O. The normalized spacial score (nSPS) is 19.0. The van der Waals surface area contributed by atoms with Crippen molar-refractivity contribution >= 4 is 26.8 Å². The first kappa shape index (κ1) is 16.7. The second-order valence-corrected chi connectivity index (χ2v) is 7.54. The van der Waals surface area contributed by atoms with Gasteiger partial charge in [0.25, 0.3) is 0 Å². The van der Waals surface area contributed by atoms with Gasteiger partial charge in [-0.15, -0.1) is 0 Å². The van der Waals surface area contributed by atoms with Crippen molar-refractivity contribution in [3.8, 4) is 11.3 Å². The summed E-state index contributed by atoms with van der Waals surface area (Å²) in [5, 5.41) is 15.6. The molecule has 4 heteroatoms. The van der Waals surface area contributed by atoms with Crippen molar-refractivity contribution < 1.29 is 5.11 Å². The van der Waals surface area contributed by atoms with Gasteiger partial charge >= 0.3 is 0 Å². The number of benzene rings is 2. The van der Waals surface area contributed by atoms with Crippen molar-refractivity contribution in [3.63, 3.8) is 0 Å². The topological polar surface area (TPSA) is 45.2 Å². The standard InChI is InChI=1S/C21H21BrN2O/c22-15-10-8-14(9-11-15)20-13-17(16-5-1-2-6-18(16)24-20)21(25)19-7-3-4-12-23-19/h1-2,5-6,8-11,13,19,21,23,25H,3-4,7,12H2/t19-,21-/m1/s1. The fourth-order valence-corrected chi connectivity index (χ4v) is 3.84. The van der Waals surface area contributed by atoms with E-state index in [4.69, 9.17) is 4.98 Å². The van der Waals surface area contributed by atoms with Crippen molar-refractivity contribution in [3.05, 3.63) is 64.6 Å². The molecule has 2 N–H and O–H groups in total. The van der Waals surface area contributed by atoms with Crippen LogP contribution in [0.25, 0.3) is 22.2 Å². The Hall–Kier alpha value is -1.75. The molecule has 1 saturated heterocycles. The fraction of sp³-hybridized carbons (Fsp3) is 0.286. The molecule has 2 heterocycles. The molecule has 0 radical (unpaired) electrons. The van der Waals surface area contributed by atoms with Crippen LogP contribution in [0, 0.1) is 0 Å². The van der Waals surface area contributed by atoms with Gasteiger partial charge in [0.05, 0.1) is 17.3 Å². The fourth-order valence-electron chi connectivity index (χ4n) is 3.58. The number of hydrogen-bond acceptors (Lipinski definition) is 3. The van der Waals surface area contributed by atoms with Gasteiger partial charge in [0.2, 0.25) is 0 Å². The third-order valence-corrected chi connectivity index (χ3v) is 5.47. The second kappa shape index (κ2) is 7.24. The lowest BCUT2D eigenvalue weighted by Crippen LogP contribution is -2.38. The summed E-state index contributed by atoms with van der Waals surface area (Å²) >= 11 is 3.48. The molecule has 0 saturated carbocycles. The molecule has 0 bridgehead atoms. The molecule has 0 spiro atoms. The second-order valence-electron chi connectivity index (χ2n) is 6.62. The van der Waals surface area contributed by atoms with Gasteiger partial charge < -0.3 is 10.4 Å². The highest BCUT2D eigenvalue weighted by molar-refractivity contribution is 9.10. The first-order valence-electron chi connectivity index (χ1n) is 8.79. The van der Waals surface area contributed by atoms with Crippen LogP contribution in [0.3, 0.4) is 0 Å². The number of hydrogen-bond donors (Lipinski definition) is 2. The van der Waals surface area contributed by atoms with Crippen molar-refractivity contribution in [2.45, 2.75) is 31.4 Å². The van der Waals surface area contributed by atoms with Crippen molar-refractivity contribution in [1.82, 2.24) is 10.3 Å². The lowest BCUT2D eigenvalue weighted by Gasteiger charge is -2.29. The minimum Gasteiger partial charge on any atom is -0.387 e. The number of piperidine rings is 1. The van der Waals surface area contributed by atoms with Crippen molar-refractivity contribution in [2.75, 3.05) is 6.54 Å². The molecule has 1 aliphatic heterocycles. The third kappa shape index (κ3) is 3.47. The Balaban J connectivity index is 1.82. The summed E-state index contributed by atoms with van der Waals surface area (Å²) in [5.41, 5.74) is 3.84. The number of halogens is 1. The van der Waals surface area contributed by atoms with Gasteiger partial charge in [-0.1, -0.05) is 52.7 Å². The molecule has 4 rings (SSSR count). The lowest BCUT2D eigenvalue weighted by molar-refractivity contribution is 0.115. The van der Waals surface area contributed by atoms with Gasteiger partial charge in [0.1, 0.15) is 0 Å². The minimum atomic E-state index is -0.526. The Bertz CT molecular complexity index is 873. The average molecular weight is 397 g/mol. The first-order valence-corrected chi connectivity index (χ1v) is 9.59. The maximum atomic E-state index is 11.1. The van der Waals surface area contributed by atoms with Crippen LogP contribution >= 0.6 is 15.9 Å². The Morgan fingerprint density at radius 2 is 1.88 bits per heavy atom. The zero-order valence-electron chi connectivity index (χ0n) is 14.0. The Labute approximate surface area is 156 Å². The van der Waals surface area contributed by atoms with Gasteiger partial charge in [-0.3, -0.25) is 0 Å². The molecule has 1 aliphatic rings. The molecule has 3 nitrogen and oxygen atoms in total. The summed E-state index contributed by atoms with van der Waals surface area (Å²) in [6.07, 6.45) is 2.83. The van der Waals surface area contributed by atoms with Crippen LogP contribution in [0.4, 0.5) is 0 Å². The molecule has 2 aromatic carbocycles. The van der Waals surface area contributed by atoms with Crippen LogP contribution in [0.1, 0.15) is 30.9 Å². The van der Waals surface area contributed by atoms with Gasteiger partial charge in [0.15, 0.2) is 0 Å². The number of nitrogens with zero attached hydrogens (tertiary/aromatic N) is 1. The van der Waals surface area contributed by atoms with Crippen LogP contribution in [-0.4, -0.2) is 22.7 Å². The number of para-hydroxylation sites is 1. The summed E-state index contributed by atoms with van der Waals surface area (Å²) in [6.45, 7) is 0.977. The van der Waals surface area contributed by atoms with E-state index in [9.17, 15) is 5.11 Å². The molecule has 0 unspecified atom stereocenters. The minimum absolute atomic E-state index is 0.109. The summed E-state index contributed by atoms with van der Waals surface area (Å²) in [5.74, 6) is 0. The van der Waals surface area contributed by atoms with Gasteiger partial charge in [-0.25, -0.2) is 4.98 Å². The van der Waals surface area contributed by atoms with E-state index < -0.39 is 6.10 Å². The van der Waals surface area contributed by atoms with Crippen molar-refractivity contribution in [1.29, 1.82) is 0 Å². The van der Waals surface area contributed by atoms with E-state index >= 15 is 0 Å². The highest BCUT2D eigenvalue weighted by atomic mass is 79.9. The molecule has 0 amide bonds. The largest absolute Gasteiger partial charge is 0.387 e. The van der Waals surface area contributed by atoms with Crippen LogP contribution in [-0.2, 0) is 0 Å². The maximum Gasteiger partial charge on any atom is 0.0950 e. The Morgan fingerprint density at radius 1 is 1.08 bits per heavy atom. The van der Waals surface area contributed by atoms with Gasteiger partial charge in [0, 0.05) is 21.5 Å². The SMILES string of the molecule is O[C@H](c1cc(-c2ccc(Br)cc2)nc2ccccc12)[C@H]1CCCCN1. The highest BCUT2D eigenvalue weighted by Gasteiger charge is 2.25. The predicted molar refractivity (Wildman–Crippen MR) is 105 cm³/mol. The molecule has 1 fully saturated rings. The molecule has 25 heavy (non-hydrogen) atoms. The maximum absolute atomic E-state index is 11.1. The van der Waals surface area contributed by atoms with E-state index in [1.807, 2.05) is 36.4 Å². The monoisotopic (exact) mass is 396 g/mol. The smallest absolute Gasteiger partial charge is 0.0950 e. The molecule has 3 aromatic rings. The Morgan fingerprint density at radius 3 is 2.64 bits per heavy atom. The highest BCUT2D eigenvalue weighted by Crippen LogP contribution is 2.32. The van der Waals surface area contributed by atoms with Gasteiger partial charge in [-0.05, 0) is 49.2 Å². The van der Waals surface area contributed by atoms with E-state index in [-0.39, 0.29) is 6.04 Å². The first-order chi connectivity index (χ1) is 12.2. The van der Waals surface area contributed by atoms with E-state index in [2.05, 4.69) is 39.4 Å². The average Bonchev–Trinajstić information content (AvgIpc) is 2.68. The quantitative estimate of drug-likeness (QED) is 0.665. The number of nitrogens with one attached hydrogen (secondary N) is 1. The number of pyridine rings is 1. The Kier molecular flexibility index (Phi) is 4.84. The van der Waals surface area contributed by atoms with Crippen LogP contribution in [0.15, 0.2) is 59.1 Å². The van der Waals surface area contributed by atoms with Crippen molar-refractivity contribution in [2.24, 2.45) is 0 Å². The number of aliphatic hydroxyl groups excluding tert-OH is 1. The number of aliphatic hydroxyl groups is 1. The van der Waals surface area contributed by atoms with Gasteiger partial charge in [-0.2, -0.15) is 0 Å². The van der Waals surface area contributed by atoms with E-state index in [1.54, 1.807) is 0 Å². The zero-order valence-corrected chi connectivity index (χ0v) is 15.5. The third-order valence-electron chi connectivity index (χ3n) is 4.94. The number of fused-ring (bicyclic) bond motifs is 1. The summed E-state index contributed by atoms with van der Waals surface area (Å²) in [6, 6.07) is 18.4. The molecule has 2 atom stereocenters. The summed E-state index contributed by atoms with van der Waals surface area (Å²) in [4.78, 5) is 4.82. The number of aromatic nitrogens is 1. The van der Waals surface area contributed by atoms with Crippen LogP contribution in [0.2, 0.25) is 0 Å². The molecule has 128 valence electrons. The lowest BCUT2D eigenvalue weighted by atomic mass is 9.92. The summed E-state index contributed by atoms with van der Waals surface area (Å²) in [7, 11) is 0. The molecular weight excluding hydrogens is 376 g/mol. The van der Waals surface area contributed by atoms with E-state index in [0.29, 0.717) is 0 Å². The predicted octanol–water partition coefficient (Wildman–Crippen LogP) is 4.84. The number of rotatable bonds is 3. The van der Waals surface area contributed by atoms with Crippen LogP contribution < -0.4 is 5.32 Å². The van der Waals surface area contributed by atoms with E-state index in [0.717, 1.165) is 51.6 Å². The van der Waals surface area contributed by atoms with Crippen LogP contribution in [0.5, 0.6) is 0 Å². The molecule has 1 aromatic heterocycles. The van der Waals surface area contributed by atoms with E-state index in [1.165, 1.54) is 6.42 Å². The zero-order chi connectivity index (χ0) is 17.2.